The second-order valence-electron chi connectivity index (χ2n) is 4.70. The van der Waals surface area contributed by atoms with Gasteiger partial charge in [-0.05, 0) is 25.1 Å². The number of hydrogen-bond acceptors (Lipinski definition) is 2. The van der Waals surface area contributed by atoms with Gasteiger partial charge in [0.05, 0.1) is 12.0 Å². The van der Waals surface area contributed by atoms with Gasteiger partial charge in [0.25, 0.3) is 5.91 Å². The summed E-state index contributed by atoms with van der Waals surface area (Å²) >= 11 is 0. The summed E-state index contributed by atoms with van der Waals surface area (Å²) in [5.41, 5.74) is 7.10. The van der Waals surface area contributed by atoms with E-state index in [1.807, 2.05) is 0 Å². The molecule has 1 aromatic heterocycles. The molecule has 108 valence electrons. The number of amides is 1. The number of hydrogen-bond donors (Lipinski definition) is 3. The van der Waals surface area contributed by atoms with Crippen LogP contribution in [0.5, 0.6) is 0 Å². The molecule has 0 fully saturated rings. The first-order chi connectivity index (χ1) is 9.26. The van der Waals surface area contributed by atoms with E-state index in [9.17, 15) is 18.0 Å². The van der Waals surface area contributed by atoms with Crippen LogP contribution >= 0.6 is 0 Å². The minimum atomic E-state index is -4.31. The van der Waals surface area contributed by atoms with Gasteiger partial charge in [0.15, 0.2) is 0 Å². The number of nitrogens with two attached hydrogens (primary N) is 1. The van der Waals surface area contributed by atoms with Crippen LogP contribution < -0.4 is 11.1 Å². The van der Waals surface area contributed by atoms with E-state index in [-0.39, 0.29) is 5.56 Å². The number of aromatic amines is 1. The maximum Gasteiger partial charge on any atom is 0.391 e. The first kappa shape index (κ1) is 14.2. The highest BCUT2D eigenvalue weighted by Crippen LogP contribution is 2.23. The van der Waals surface area contributed by atoms with Gasteiger partial charge in [-0.3, -0.25) is 4.79 Å². The normalized spacial score (nSPS) is 13.4. The van der Waals surface area contributed by atoms with Crippen molar-refractivity contribution in [1.82, 2.24) is 10.3 Å². The maximum absolute atomic E-state index is 12.2. The summed E-state index contributed by atoms with van der Waals surface area (Å²) in [6.45, 7) is 1.31. The number of fused-ring (bicyclic) bond motifs is 1. The molecule has 0 saturated heterocycles. The third kappa shape index (κ3) is 3.23. The van der Waals surface area contributed by atoms with E-state index in [0.717, 1.165) is 0 Å². The average Bonchev–Trinajstić information content (AvgIpc) is 2.68. The fraction of sp³-hybridized carbons (Fsp3) is 0.308. The highest BCUT2D eigenvalue weighted by Gasteiger charge is 2.30. The number of benzene rings is 1. The van der Waals surface area contributed by atoms with Crippen molar-refractivity contribution in [2.75, 3.05) is 5.73 Å². The molecule has 1 amide bonds. The maximum atomic E-state index is 12.2. The van der Waals surface area contributed by atoms with Gasteiger partial charge in [-0.15, -0.1) is 0 Å². The van der Waals surface area contributed by atoms with Crippen molar-refractivity contribution < 1.29 is 18.0 Å². The SMILES string of the molecule is CC(CC(F)(F)F)NC(=O)c1c[nH]c2ccc(N)cc12. The Bertz CT molecular complexity index is 633. The number of carbonyl (C=O) groups is 1. The Labute approximate surface area is 113 Å². The summed E-state index contributed by atoms with van der Waals surface area (Å²) in [5.74, 6) is -0.557. The lowest BCUT2D eigenvalue weighted by molar-refractivity contribution is -0.138. The fourth-order valence-electron chi connectivity index (χ4n) is 2.03. The predicted molar refractivity (Wildman–Crippen MR) is 70.3 cm³/mol. The zero-order valence-electron chi connectivity index (χ0n) is 10.7. The molecule has 2 aromatic rings. The predicted octanol–water partition coefficient (Wildman–Crippen LogP) is 2.82. The summed E-state index contributed by atoms with van der Waals surface area (Å²) in [5, 5.41) is 2.92. The third-order valence-electron chi connectivity index (χ3n) is 2.87. The van der Waals surface area contributed by atoms with E-state index in [2.05, 4.69) is 10.3 Å². The fourth-order valence-corrected chi connectivity index (χ4v) is 2.03. The quantitative estimate of drug-likeness (QED) is 0.759. The Balaban J connectivity index is 2.17. The van der Waals surface area contributed by atoms with Gasteiger partial charge >= 0.3 is 6.18 Å². The third-order valence-corrected chi connectivity index (χ3v) is 2.87. The van der Waals surface area contributed by atoms with Crippen LogP contribution in [0.4, 0.5) is 18.9 Å². The number of carbonyl (C=O) groups excluding carboxylic acids is 1. The van der Waals surface area contributed by atoms with Crippen LogP contribution in [0.2, 0.25) is 0 Å². The Morgan fingerprint density at radius 1 is 1.45 bits per heavy atom. The summed E-state index contributed by atoms with van der Waals surface area (Å²) in [4.78, 5) is 14.9. The van der Waals surface area contributed by atoms with Crippen molar-refractivity contribution in [2.24, 2.45) is 0 Å². The van der Waals surface area contributed by atoms with Crippen LogP contribution in [0.15, 0.2) is 24.4 Å². The van der Waals surface area contributed by atoms with Gasteiger partial charge in [-0.25, -0.2) is 0 Å². The first-order valence-electron chi connectivity index (χ1n) is 6.00. The van der Waals surface area contributed by atoms with Crippen LogP contribution in [0.3, 0.4) is 0 Å². The topological polar surface area (TPSA) is 70.9 Å². The van der Waals surface area contributed by atoms with Crippen molar-refractivity contribution in [3.05, 3.63) is 30.0 Å². The largest absolute Gasteiger partial charge is 0.399 e. The number of anilines is 1. The molecule has 0 saturated carbocycles. The van der Waals surface area contributed by atoms with Crippen LogP contribution in [0.25, 0.3) is 10.9 Å². The van der Waals surface area contributed by atoms with Gasteiger partial charge < -0.3 is 16.0 Å². The summed E-state index contributed by atoms with van der Waals surface area (Å²) in [7, 11) is 0. The summed E-state index contributed by atoms with van der Waals surface area (Å²) < 4.78 is 36.7. The molecule has 1 unspecified atom stereocenters. The Hall–Kier alpha value is -2.18. The molecule has 1 aromatic carbocycles. The molecule has 4 N–H and O–H groups in total. The van der Waals surface area contributed by atoms with Gasteiger partial charge in [0.1, 0.15) is 0 Å². The molecular weight excluding hydrogens is 271 g/mol. The zero-order chi connectivity index (χ0) is 14.9. The Kier molecular flexibility index (Phi) is 3.61. The van der Waals surface area contributed by atoms with E-state index in [4.69, 9.17) is 5.73 Å². The molecule has 1 heterocycles. The number of halogens is 3. The van der Waals surface area contributed by atoms with Crippen molar-refractivity contribution in [2.45, 2.75) is 25.6 Å². The number of nitrogens with one attached hydrogen (secondary N) is 2. The van der Waals surface area contributed by atoms with Gasteiger partial charge in [0.2, 0.25) is 0 Å². The molecule has 0 bridgehead atoms. The number of nitrogen functional groups attached to an aromatic ring is 1. The average molecular weight is 285 g/mol. The number of aromatic nitrogens is 1. The molecular formula is C13H14F3N3O. The highest BCUT2D eigenvalue weighted by atomic mass is 19.4. The van der Waals surface area contributed by atoms with E-state index < -0.39 is 24.5 Å². The number of H-pyrrole nitrogens is 1. The first-order valence-corrected chi connectivity index (χ1v) is 6.00. The van der Waals surface area contributed by atoms with Crippen molar-refractivity contribution in [3.8, 4) is 0 Å². The van der Waals surface area contributed by atoms with E-state index >= 15 is 0 Å². The van der Waals surface area contributed by atoms with E-state index in [0.29, 0.717) is 16.6 Å². The van der Waals surface area contributed by atoms with E-state index in [1.165, 1.54) is 13.1 Å². The van der Waals surface area contributed by atoms with Crippen LogP contribution in [0, 0.1) is 0 Å². The molecule has 0 aliphatic heterocycles. The van der Waals surface area contributed by atoms with Crippen molar-refractivity contribution >= 4 is 22.5 Å². The molecule has 20 heavy (non-hydrogen) atoms. The van der Waals surface area contributed by atoms with Crippen molar-refractivity contribution in [3.63, 3.8) is 0 Å². The molecule has 2 rings (SSSR count). The molecule has 1 atom stereocenters. The second-order valence-corrected chi connectivity index (χ2v) is 4.70. The molecule has 0 aliphatic rings. The second kappa shape index (κ2) is 5.07. The monoisotopic (exact) mass is 285 g/mol. The highest BCUT2D eigenvalue weighted by molar-refractivity contribution is 6.07. The van der Waals surface area contributed by atoms with Crippen molar-refractivity contribution in [1.29, 1.82) is 0 Å². The van der Waals surface area contributed by atoms with Crippen LogP contribution in [0.1, 0.15) is 23.7 Å². The number of alkyl halides is 3. The smallest absolute Gasteiger partial charge is 0.391 e. The summed E-state index contributed by atoms with van der Waals surface area (Å²) in [6, 6.07) is 4.00. The lowest BCUT2D eigenvalue weighted by atomic mass is 10.1. The lowest BCUT2D eigenvalue weighted by Gasteiger charge is -2.15. The van der Waals surface area contributed by atoms with E-state index in [1.54, 1.807) is 18.2 Å². The molecule has 0 spiro atoms. The molecule has 0 aliphatic carbocycles. The summed E-state index contributed by atoms with van der Waals surface area (Å²) in [6.07, 6.45) is -3.92. The number of rotatable bonds is 3. The van der Waals surface area contributed by atoms with Crippen LogP contribution in [-0.2, 0) is 0 Å². The Morgan fingerprint density at radius 2 is 2.15 bits per heavy atom. The Morgan fingerprint density at radius 3 is 2.80 bits per heavy atom. The lowest BCUT2D eigenvalue weighted by Crippen LogP contribution is -2.35. The van der Waals surface area contributed by atoms with Gasteiger partial charge in [-0.1, -0.05) is 0 Å². The molecule has 4 nitrogen and oxygen atoms in total. The zero-order valence-corrected chi connectivity index (χ0v) is 10.7. The van der Waals surface area contributed by atoms with Gasteiger partial charge in [-0.2, -0.15) is 13.2 Å². The van der Waals surface area contributed by atoms with Crippen LogP contribution in [-0.4, -0.2) is 23.1 Å². The minimum absolute atomic E-state index is 0.279. The molecule has 0 radical (unpaired) electrons. The molecule has 7 heteroatoms. The standard InChI is InChI=1S/C13H14F3N3O/c1-7(5-13(14,15)16)19-12(20)10-6-18-11-3-2-8(17)4-9(10)11/h2-4,6-7,18H,5,17H2,1H3,(H,19,20). The van der Waals surface area contributed by atoms with Gasteiger partial charge in [0, 0.05) is 28.8 Å². The minimum Gasteiger partial charge on any atom is -0.399 e.